The Hall–Kier alpha value is -5.06. The van der Waals surface area contributed by atoms with Gasteiger partial charge in [-0.1, -0.05) is 154 Å². The van der Waals surface area contributed by atoms with Crippen LogP contribution in [0.5, 0.6) is 0 Å². The van der Waals surface area contributed by atoms with E-state index in [1.807, 2.05) is 0 Å². The third-order valence-corrected chi connectivity index (χ3v) is 17.7. The molecule has 0 radical (unpaired) electrons. The lowest BCUT2D eigenvalue weighted by molar-refractivity contribution is 0.266. The molecule has 65 heavy (non-hydrogen) atoms. The Bertz CT molecular complexity index is 3050. The van der Waals surface area contributed by atoms with Gasteiger partial charge in [0.2, 0.25) is 0 Å². The first-order chi connectivity index (χ1) is 30.5. The van der Waals surface area contributed by atoms with Gasteiger partial charge >= 0.3 is 0 Å². The van der Waals surface area contributed by atoms with E-state index in [2.05, 4.69) is 227 Å². The van der Waals surface area contributed by atoms with Crippen LogP contribution in [-0.2, 0) is 22.7 Å². The van der Waals surface area contributed by atoms with E-state index >= 15 is 0 Å². The number of hydrogen-bond acceptors (Lipinski definition) is 3. The van der Waals surface area contributed by atoms with Gasteiger partial charge in [-0.3, -0.25) is 0 Å². The number of rotatable bonds is 3. The molecule has 3 aliphatic carbocycles. The molecule has 5 aliphatic rings. The molecule has 0 bridgehead atoms. The number of nitrogens with zero attached hydrogens (tertiary/aromatic N) is 2. The smallest absolute Gasteiger partial charge is 0.264 e. The van der Waals surface area contributed by atoms with Crippen LogP contribution in [0, 0.1) is 37.5 Å². The molecule has 0 saturated carbocycles. The second-order valence-electron chi connectivity index (χ2n) is 24.1. The minimum atomic E-state index is -0.0150. The third-order valence-electron chi connectivity index (χ3n) is 16.5. The molecule has 6 aromatic rings. The van der Waals surface area contributed by atoms with Crippen LogP contribution < -0.4 is 25.5 Å². The van der Waals surface area contributed by atoms with Crippen LogP contribution in [0.3, 0.4) is 0 Å². The van der Waals surface area contributed by atoms with Crippen molar-refractivity contribution in [2.45, 2.75) is 132 Å². The summed E-state index contributed by atoms with van der Waals surface area (Å²) in [7, 11) is 0. The van der Waals surface area contributed by atoms with Gasteiger partial charge in [-0.05, 0) is 160 Å². The Morgan fingerprint density at radius 2 is 1.29 bits per heavy atom. The van der Waals surface area contributed by atoms with Crippen molar-refractivity contribution >= 4 is 74.0 Å². The van der Waals surface area contributed by atoms with Gasteiger partial charge in [0.25, 0.3) is 6.71 Å². The van der Waals surface area contributed by atoms with Crippen LogP contribution in [0.1, 0.15) is 133 Å². The number of benzene rings is 5. The molecule has 0 spiro atoms. The molecule has 330 valence electrons. The van der Waals surface area contributed by atoms with Gasteiger partial charge in [0.1, 0.15) is 0 Å². The van der Waals surface area contributed by atoms with Crippen LogP contribution in [-0.4, -0.2) is 6.71 Å². The summed E-state index contributed by atoms with van der Waals surface area (Å²) in [4.78, 5) is 6.86. The van der Waals surface area contributed by atoms with Crippen LogP contribution >= 0.6 is 11.3 Å². The summed E-state index contributed by atoms with van der Waals surface area (Å²) in [6.45, 7) is 33.6. The molecule has 0 amide bonds. The van der Waals surface area contributed by atoms with Gasteiger partial charge in [0, 0.05) is 43.4 Å². The Balaban J connectivity index is 1.25. The summed E-state index contributed by atoms with van der Waals surface area (Å²) in [5.41, 5.74) is 24.8. The molecule has 0 N–H and O–H groups in total. The molecule has 2 aliphatic heterocycles. The van der Waals surface area contributed by atoms with Crippen molar-refractivity contribution in [3.8, 4) is 11.1 Å². The van der Waals surface area contributed by atoms with E-state index in [-0.39, 0.29) is 33.8 Å². The van der Waals surface area contributed by atoms with Crippen LogP contribution in [0.25, 0.3) is 17.2 Å². The van der Waals surface area contributed by atoms with Crippen molar-refractivity contribution in [3.63, 3.8) is 0 Å². The lowest BCUT2D eigenvalue weighted by Gasteiger charge is -2.47. The molecule has 4 heteroatoms. The molecule has 1 unspecified atom stereocenters. The normalized spacial score (nSPS) is 20.2. The highest BCUT2D eigenvalue weighted by molar-refractivity contribution is 7.29. The topological polar surface area (TPSA) is 6.48 Å². The Labute approximate surface area is 394 Å². The first-order valence-corrected chi connectivity index (χ1v) is 25.2. The van der Waals surface area contributed by atoms with Gasteiger partial charge < -0.3 is 9.80 Å². The Morgan fingerprint density at radius 1 is 0.631 bits per heavy atom. The van der Waals surface area contributed by atoms with Gasteiger partial charge in [-0.2, -0.15) is 0 Å². The maximum atomic E-state index is 2.76. The van der Waals surface area contributed by atoms with Crippen molar-refractivity contribution in [1.29, 1.82) is 0 Å². The van der Waals surface area contributed by atoms with E-state index in [1.54, 1.807) is 5.57 Å². The molecule has 0 fully saturated rings. The lowest BCUT2D eigenvalue weighted by atomic mass is 9.36. The van der Waals surface area contributed by atoms with E-state index in [0.29, 0.717) is 5.92 Å². The summed E-state index contributed by atoms with van der Waals surface area (Å²) in [5.74, 6) is 0.427. The second kappa shape index (κ2) is 14.0. The van der Waals surface area contributed by atoms with E-state index in [4.69, 9.17) is 0 Å². The molecule has 3 heterocycles. The van der Waals surface area contributed by atoms with E-state index in [9.17, 15) is 0 Å². The fraction of sp³-hybridized carbons (Fsp3) is 0.377. The zero-order valence-corrected chi connectivity index (χ0v) is 42.3. The summed E-state index contributed by atoms with van der Waals surface area (Å²) < 4.78 is 1.49. The summed E-state index contributed by atoms with van der Waals surface area (Å²) in [5, 5.41) is 0. The number of thiophene rings is 1. The minimum Gasteiger partial charge on any atom is -0.311 e. The highest BCUT2D eigenvalue weighted by atomic mass is 32.1. The average molecular weight is 871 g/mol. The van der Waals surface area contributed by atoms with Crippen molar-refractivity contribution in [2.24, 2.45) is 16.7 Å². The van der Waals surface area contributed by atoms with Gasteiger partial charge in [0.15, 0.2) is 0 Å². The summed E-state index contributed by atoms with van der Waals surface area (Å²) in [6.07, 6.45) is 11.1. The zero-order chi connectivity index (χ0) is 45.9. The summed E-state index contributed by atoms with van der Waals surface area (Å²) >= 11 is 2.08. The van der Waals surface area contributed by atoms with Crippen molar-refractivity contribution in [3.05, 3.63) is 153 Å². The number of fused-ring (bicyclic) bond motifs is 8. The number of allylic oxidation sites excluding steroid dienone is 3. The molecule has 1 atom stereocenters. The first-order valence-electron chi connectivity index (χ1n) is 24.3. The van der Waals surface area contributed by atoms with Crippen LogP contribution in [0.2, 0.25) is 0 Å². The molecule has 11 rings (SSSR count). The molecule has 0 saturated heterocycles. The highest BCUT2D eigenvalue weighted by Gasteiger charge is 2.50. The largest absolute Gasteiger partial charge is 0.311 e. The predicted octanol–water partition coefficient (Wildman–Crippen LogP) is 15.2. The SMILES string of the molecule is Cc1ccc(-c2ccc(C)cc2N2c3ccc(C(C)(C)C)cc3B3c4sc5c(c4N(c4ccc6c(c4)C(C)(C)CCC6(C)C)c4cc(C)cc2c43)CC2C(=C5)C(C)(C)C=CC2(C)C)cc1. The monoisotopic (exact) mass is 871 g/mol. The second-order valence-corrected chi connectivity index (χ2v) is 25.2. The van der Waals surface area contributed by atoms with Crippen molar-refractivity contribution in [2.75, 3.05) is 9.80 Å². The molecule has 5 aromatic carbocycles. The highest BCUT2D eigenvalue weighted by Crippen LogP contribution is 2.57. The van der Waals surface area contributed by atoms with Crippen molar-refractivity contribution in [1.82, 2.24) is 0 Å². The fourth-order valence-electron chi connectivity index (χ4n) is 12.3. The van der Waals surface area contributed by atoms with E-state index in [1.165, 1.54) is 118 Å². The van der Waals surface area contributed by atoms with Gasteiger partial charge in [-0.25, -0.2) is 0 Å². The standard InChI is InChI=1S/C61H67BN2S/c1-36-15-18-39(19-16-36)42-22-17-37(2)29-50(42)64-49-24-20-40(57(4,5)6)32-48(49)62-54-51(30-38(3)31-52(54)64)63(41-21-23-44-45(33-41)59(9,10)26-25-58(44,7)8)55-43-34-46-47(35-53(43)65-56(55)62)61(13,14)28-27-60(46,11)12/h15-24,27-33,35,46H,25-26,34H2,1-14H3. The van der Waals surface area contributed by atoms with E-state index < -0.39 is 0 Å². The molecule has 2 nitrogen and oxygen atoms in total. The van der Waals surface area contributed by atoms with Crippen LogP contribution in [0.4, 0.5) is 34.1 Å². The van der Waals surface area contributed by atoms with Crippen LogP contribution in [0.15, 0.2) is 109 Å². The first kappa shape index (κ1) is 42.6. The quantitative estimate of drug-likeness (QED) is 0.129. The summed E-state index contributed by atoms with van der Waals surface area (Å²) in [6, 6.07) is 36.3. The zero-order valence-electron chi connectivity index (χ0n) is 41.5. The minimum absolute atomic E-state index is 0.00864. The maximum absolute atomic E-state index is 2.76. The lowest BCUT2D eigenvalue weighted by Crippen LogP contribution is -2.60. The molecule has 1 aromatic heterocycles. The van der Waals surface area contributed by atoms with Gasteiger partial charge in [-0.15, -0.1) is 11.3 Å². The number of aryl methyl sites for hydroxylation is 3. The molecular weight excluding hydrogens is 804 g/mol. The predicted molar refractivity (Wildman–Crippen MR) is 284 cm³/mol. The number of hydrogen-bond donors (Lipinski definition) is 0. The van der Waals surface area contributed by atoms with Gasteiger partial charge in [0.05, 0.1) is 11.4 Å². The fourth-order valence-corrected chi connectivity index (χ4v) is 13.7. The Kier molecular flexibility index (Phi) is 9.16. The number of anilines is 6. The Morgan fingerprint density at radius 3 is 2.00 bits per heavy atom. The maximum Gasteiger partial charge on any atom is 0.264 e. The molecular formula is C61H67BN2S. The third kappa shape index (κ3) is 6.47. The average Bonchev–Trinajstić information content (AvgIpc) is 3.61. The van der Waals surface area contributed by atoms with Crippen molar-refractivity contribution < 1.29 is 0 Å². The van der Waals surface area contributed by atoms with E-state index in [0.717, 1.165) is 6.42 Å².